The van der Waals surface area contributed by atoms with Crippen LogP contribution < -0.4 is 5.32 Å². The lowest BCUT2D eigenvalue weighted by Gasteiger charge is -2.32. The number of likely N-dealkylation sites (tertiary alicyclic amines) is 1. The number of nitrogens with zero attached hydrogens (tertiary/aromatic N) is 2. The van der Waals surface area contributed by atoms with Gasteiger partial charge in [0.05, 0.1) is 11.3 Å². The average molecular weight is 287 g/mol. The van der Waals surface area contributed by atoms with Crippen LogP contribution in [0.4, 0.5) is 5.69 Å². The number of anilines is 1. The molecule has 1 saturated heterocycles. The summed E-state index contributed by atoms with van der Waals surface area (Å²) in [6, 6.07) is 2.38. The van der Waals surface area contributed by atoms with Gasteiger partial charge in [0.2, 0.25) is 0 Å². The first-order chi connectivity index (χ1) is 10.3. The van der Waals surface area contributed by atoms with E-state index in [1.54, 1.807) is 12.4 Å². The number of hydrogen-bond donors (Lipinski definition) is 1. The third-order valence-corrected chi connectivity index (χ3v) is 4.89. The Morgan fingerprint density at radius 2 is 2.24 bits per heavy atom. The summed E-state index contributed by atoms with van der Waals surface area (Å²) in [6.45, 7) is 3.93. The van der Waals surface area contributed by atoms with Crippen LogP contribution in [0.1, 0.15) is 55.8 Å². The lowest BCUT2D eigenvalue weighted by molar-refractivity contribution is 0.0690. The molecule has 0 radical (unpaired) electrons. The van der Waals surface area contributed by atoms with E-state index in [0.29, 0.717) is 6.04 Å². The van der Waals surface area contributed by atoms with Crippen LogP contribution in [-0.4, -0.2) is 34.9 Å². The zero-order chi connectivity index (χ0) is 14.7. The summed E-state index contributed by atoms with van der Waals surface area (Å²) >= 11 is 0. The lowest BCUT2D eigenvalue weighted by Crippen LogP contribution is -2.39. The molecule has 0 spiro atoms. The van der Waals surface area contributed by atoms with Crippen molar-refractivity contribution in [1.82, 2.24) is 9.88 Å². The molecule has 2 unspecified atom stereocenters. The highest BCUT2D eigenvalue weighted by molar-refractivity contribution is 5.99. The van der Waals surface area contributed by atoms with Crippen LogP contribution in [0.15, 0.2) is 18.5 Å². The Hall–Kier alpha value is -1.58. The Bertz CT molecular complexity index is 503. The fourth-order valence-corrected chi connectivity index (χ4v) is 3.79. The second-order valence-corrected chi connectivity index (χ2v) is 6.25. The van der Waals surface area contributed by atoms with Crippen molar-refractivity contribution < 1.29 is 4.79 Å². The first kappa shape index (κ1) is 14.4. The van der Waals surface area contributed by atoms with Crippen molar-refractivity contribution in [3.8, 4) is 0 Å². The highest BCUT2D eigenvalue weighted by Crippen LogP contribution is 2.37. The maximum absolute atomic E-state index is 12.9. The van der Waals surface area contributed by atoms with Crippen LogP contribution in [0.2, 0.25) is 0 Å². The number of nitrogens with one attached hydrogen (secondary N) is 1. The monoisotopic (exact) mass is 287 g/mol. The Kier molecular flexibility index (Phi) is 4.42. The van der Waals surface area contributed by atoms with Crippen molar-refractivity contribution in [1.29, 1.82) is 0 Å². The molecule has 1 aromatic rings. The molecule has 1 aliphatic heterocycles. The van der Waals surface area contributed by atoms with Crippen LogP contribution in [0.3, 0.4) is 0 Å². The predicted molar refractivity (Wildman–Crippen MR) is 84.4 cm³/mol. The fourth-order valence-electron chi connectivity index (χ4n) is 3.79. The topological polar surface area (TPSA) is 45.2 Å². The highest BCUT2D eigenvalue weighted by atomic mass is 16.2. The van der Waals surface area contributed by atoms with Crippen LogP contribution in [0, 0.1) is 5.92 Å². The van der Waals surface area contributed by atoms with Crippen molar-refractivity contribution >= 4 is 11.6 Å². The molecule has 21 heavy (non-hydrogen) atoms. The summed E-state index contributed by atoms with van der Waals surface area (Å²) < 4.78 is 0. The maximum Gasteiger partial charge on any atom is 0.257 e. The van der Waals surface area contributed by atoms with Gasteiger partial charge in [-0.05, 0) is 37.7 Å². The van der Waals surface area contributed by atoms with Gasteiger partial charge >= 0.3 is 0 Å². The molecule has 1 amide bonds. The van der Waals surface area contributed by atoms with E-state index in [0.717, 1.165) is 36.7 Å². The molecule has 2 atom stereocenters. The number of carbonyl (C=O) groups excluding carboxylic acids is 1. The normalized spacial score (nSPS) is 24.7. The van der Waals surface area contributed by atoms with Crippen molar-refractivity contribution in [3.05, 3.63) is 24.0 Å². The standard InChI is InChI=1S/C17H25N3O/c1-2-9-19-15-7-10-18-12-14(15)17(21)20-11-8-13-5-3-4-6-16(13)20/h7,10,12-13,16H,2-6,8-9,11H2,1H3,(H,18,19). The molecule has 1 aromatic heterocycles. The Morgan fingerprint density at radius 1 is 1.38 bits per heavy atom. The number of pyridine rings is 1. The van der Waals surface area contributed by atoms with Gasteiger partial charge < -0.3 is 10.2 Å². The van der Waals surface area contributed by atoms with Crippen LogP contribution in [0.5, 0.6) is 0 Å². The maximum atomic E-state index is 12.9. The Balaban J connectivity index is 1.78. The molecule has 0 bridgehead atoms. The average Bonchev–Trinajstić information content (AvgIpc) is 2.96. The summed E-state index contributed by atoms with van der Waals surface area (Å²) in [5, 5.41) is 3.35. The zero-order valence-corrected chi connectivity index (χ0v) is 12.8. The van der Waals surface area contributed by atoms with E-state index in [2.05, 4.69) is 22.1 Å². The molecule has 2 heterocycles. The van der Waals surface area contributed by atoms with E-state index in [-0.39, 0.29) is 5.91 Å². The second-order valence-electron chi connectivity index (χ2n) is 6.25. The van der Waals surface area contributed by atoms with Crippen molar-refractivity contribution in [2.45, 2.75) is 51.5 Å². The SMILES string of the molecule is CCCNc1ccncc1C(=O)N1CCC2CCCCC21. The second kappa shape index (κ2) is 6.46. The molecule has 4 heteroatoms. The quantitative estimate of drug-likeness (QED) is 0.924. The summed E-state index contributed by atoms with van der Waals surface area (Å²) in [5.41, 5.74) is 1.66. The molecule has 1 N–H and O–H groups in total. The van der Waals surface area contributed by atoms with Gasteiger partial charge in [-0.25, -0.2) is 0 Å². The molecular weight excluding hydrogens is 262 g/mol. The van der Waals surface area contributed by atoms with Gasteiger partial charge in [0.25, 0.3) is 5.91 Å². The summed E-state index contributed by atoms with van der Waals surface area (Å²) in [5.74, 6) is 0.891. The molecule has 114 valence electrons. The molecule has 2 aliphatic rings. The van der Waals surface area contributed by atoms with E-state index < -0.39 is 0 Å². The predicted octanol–water partition coefficient (Wildman–Crippen LogP) is 3.31. The molecule has 3 rings (SSSR count). The number of carbonyl (C=O) groups is 1. The van der Waals surface area contributed by atoms with Crippen LogP contribution in [0.25, 0.3) is 0 Å². The molecule has 1 saturated carbocycles. The summed E-state index contributed by atoms with van der Waals surface area (Å²) in [4.78, 5) is 19.2. The minimum Gasteiger partial charge on any atom is -0.384 e. The van der Waals surface area contributed by atoms with Gasteiger partial charge in [0.15, 0.2) is 0 Å². The number of fused-ring (bicyclic) bond motifs is 1. The first-order valence-corrected chi connectivity index (χ1v) is 8.30. The molecule has 4 nitrogen and oxygen atoms in total. The third kappa shape index (κ3) is 2.89. The minimum atomic E-state index is 0.163. The van der Waals surface area contributed by atoms with Crippen LogP contribution >= 0.6 is 0 Å². The van der Waals surface area contributed by atoms with Gasteiger partial charge in [-0.1, -0.05) is 19.8 Å². The number of rotatable bonds is 4. The number of amides is 1. The van der Waals surface area contributed by atoms with E-state index in [9.17, 15) is 4.79 Å². The summed E-state index contributed by atoms with van der Waals surface area (Å²) in [7, 11) is 0. The van der Waals surface area contributed by atoms with E-state index in [4.69, 9.17) is 0 Å². The first-order valence-electron chi connectivity index (χ1n) is 8.30. The van der Waals surface area contributed by atoms with Crippen molar-refractivity contribution in [2.75, 3.05) is 18.4 Å². The van der Waals surface area contributed by atoms with Gasteiger partial charge in [0, 0.05) is 31.5 Å². The van der Waals surface area contributed by atoms with Crippen molar-refractivity contribution in [2.24, 2.45) is 5.92 Å². The summed E-state index contributed by atoms with van der Waals surface area (Å²) in [6.07, 6.45) is 10.8. The molecular formula is C17H25N3O. The smallest absolute Gasteiger partial charge is 0.257 e. The van der Waals surface area contributed by atoms with Gasteiger partial charge in [0.1, 0.15) is 0 Å². The highest BCUT2D eigenvalue weighted by Gasteiger charge is 2.38. The minimum absolute atomic E-state index is 0.163. The van der Waals surface area contributed by atoms with Gasteiger partial charge in [-0.2, -0.15) is 0 Å². The number of aromatic nitrogens is 1. The number of hydrogen-bond acceptors (Lipinski definition) is 3. The largest absolute Gasteiger partial charge is 0.384 e. The fraction of sp³-hybridized carbons (Fsp3) is 0.647. The Morgan fingerprint density at radius 3 is 3.10 bits per heavy atom. The zero-order valence-electron chi connectivity index (χ0n) is 12.8. The van der Waals surface area contributed by atoms with Crippen LogP contribution in [-0.2, 0) is 0 Å². The Labute approximate surface area is 126 Å². The van der Waals surface area contributed by atoms with Gasteiger partial charge in [-0.15, -0.1) is 0 Å². The lowest BCUT2D eigenvalue weighted by atomic mass is 9.85. The molecule has 2 fully saturated rings. The van der Waals surface area contributed by atoms with E-state index >= 15 is 0 Å². The third-order valence-electron chi connectivity index (χ3n) is 4.89. The van der Waals surface area contributed by atoms with Gasteiger partial charge in [-0.3, -0.25) is 9.78 Å². The van der Waals surface area contributed by atoms with Crippen molar-refractivity contribution in [3.63, 3.8) is 0 Å². The van der Waals surface area contributed by atoms with E-state index in [1.165, 1.54) is 32.1 Å². The van der Waals surface area contributed by atoms with E-state index in [1.807, 2.05) is 6.07 Å². The molecule has 0 aromatic carbocycles. The molecule has 1 aliphatic carbocycles.